The van der Waals surface area contributed by atoms with Gasteiger partial charge in [0.05, 0.1) is 6.42 Å². The van der Waals surface area contributed by atoms with Gasteiger partial charge < -0.3 is 10.8 Å². The van der Waals surface area contributed by atoms with Crippen LogP contribution in [-0.2, 0) is 4.79 Å². The number of aryl methyl sites for hydroxylation is 2. The Balaban J connectivity index is 3.05. The predicted molar refractivity (Wildman–Crippen MR) is 57.8 cm³/mol. The molecule has 0 fully saturated rings. The van der Waals surface area contributed by atoms with Crippen molar-refractivity contribution in [1.82, 2.24) is 4.98 Å². The molecule has 0 amide bonds. The number of nitrogens with two attached hydrogens (primary N) is 1. The van der Waals surface area contributed by atoms with E-state index >= 15 is 0 Å². The topological polar surface area (TPSA) is 76.2 Å². The highest BCUT2D eigenvalue weighted by molar-refractivity contribution is 5.68. The van der Waals surface area contributed by atoms with Crippen molar-refractivity contribution in [2.24, 2.45) is 5.73 Å². The average Bonchev–Trinajstić information content (AvgIpc) is 2.15. The first kappa shape index (κ1) is 11.7. The maximum Gasteiger partial charge on any atom is 0.304 e. The van der Waals surface area contributed by atoms with Crippen molar-refractivity contribution < 1.29 is 9.90 Å². The van der Waals surface area contributed by atoms with Crippen LogP contribution in [0.2, 0.25) is 0 Å². The summed E-state index contributed by atoms with van der Waals surface area (Å²) in [6.45, 7) is 4.21. The Hall–Kier alpha value is -1.42. The zero-order chi connectivity index (χ0) is 11.4. The number of hydrogen-bond acceptors (Lipinski definition) is 3. The number of rotatable bonds is 4. The zero-order valence-corrected chi connectivity index (χ0v) is 9.03. The van der Waals surface area contributed by atoms with Crippen LogP contribution in [0.1, 0.15) is 29.0 Å². The summed E-state index contributed by atoms with van der Waals surface area (Å²) in [6, 6.07) is 0. The maximum atomic E-state index is 10.7. The number of nitrogens with zero attached hydrogens (tertiary/aromatic N) is 1. The number of aliphatic carboxylic acids is 1. The van der Waals surface area contributed by atoms with E-state index in [0.29, 0.717) is 6.54 Å². The molecule has 0 bridgehead atoms. The van der Waals surface area contributed by atoms with E-state index in [9.17, 15) is 4.79 Å². The Kier molecular flexibility index (Phi) is 3.80. The summed E-state index contributed by atoms with van der Waals surface area (Å²) in [4.78, 5) is 14.7. The van der Waals surface area contributed by atoms with Gasteiger partial charge in [-0.15, -0.1) is 0 Å². The van der Waals surface area contributed by atoms with Crippen molar-refractivity contribution in [2.45, 2.75) is 26.2 Å². The van der Waals surface area contributed by atoms with Crippen molar-refractivity contribution in [2.75, 3.05) is 6.54 Å². The Morgan fingerprint density at radius 3 is 2.40 bits per heavy atom. The molecule has 1 atom stereocenters. The highest BCUT2D eigenvalue weighted by Crippen LogP contribution is 2.24. The number of carbonyl (C=O) groups is 1. The molecule has 0 aromatic carbocycles. The molecule has 15 heavy (non-hydrogen) atoms. The molecule has 0 saturated carbocycles. The van der Waals surface area contributed by atoms with Crippen LogP contribution < -0.4 is 5.73 Å². The largest absolute Gasteiger partial charge is 0.481 e. The Morgan fingerprint density at radius 1 is 1.47 bits per heavy atom. The monoisotopic (exact) mass is 208 g/mol. The molecule has 1 heterocycles. The molecule has 1 unspecified atom stereocenters. The van der Waals surface area contributed by atoms with E-state index in [4.69, 9.17) is 10.8 Å². The summed E-state index contributed by atoms with van der Waals surface area (Å²) in [5.41, 5.74) is 8.64. The van der Waals surface area contributed by atoms with E-state index in [1.54, 1.807) is 12.4 Å². The van der Waals surface area contributed by atoms with E-state index in [1.807, 2.05) is 13.8 Å². The van der Waals surface area contributed by atoms with Gasteiger partial charge in [0.2, 0.25) is 0 Å². The molecular formula is C11H16N2O2. The highest BCUT2D eigenvalue weighted by atomic mass is 16.4. The van der Waals surface area contributed by atoms with E-state index < -0.39 is 5.97 Å². The van der Waals surface area contributed by atoms with Gasteiger partial charge in [-0.3, -0.25) is 9.78 Å². The highest BCUT2D eigenvalue weighted by Gasteiger charge is 2.17. The molecule has 0 radical (unpaired) electrons. The van der Waals surface area contributed by atoms with Gasteiger partial charge >= 0.3 is 5.97 Å². The lowest BCUT2D eigenvalue weighted by Crippen LogP contribution is -2.18. The number of aromatic nitrogens is 1. The predicted octanol–water partition coefficient (Wildman–Crippen LogP) is 1.22. The molecule has 0 aliphatic rings. The van der Waals surface area contributed by atoms with Crippen LogP contribution in [0.25, 0.3) is 0 Å². The normalized spacial score (nSPS) is 12.5. The van der Waals surface area contributed by atoms with Gasteiger partial charge in [0.1, 0.15) is 0 Å². The minimum atomic E-state index is -0.818. The molecule has 4 heteroatoms. The minimum absolute atomic E-state index is 0.0716. The molecule has 0 aliphatic carbocycles. The van der Waals surface area contributed by atoms with Crippen molar-refractivity contribution in [3.8, 4) is 0 Å². The van der Waals surface area contributed by atoms with Gasteiger partial charge in [0, 0.05) is 18.3 Å². The van der Waals surface area contributed by atoms with Crippen LogP contribution in [0.4, 0.5) is 0 Å². The summed E-state index contributed by atoms with van der Waals surface area (Å²) < 4.78 is 0. The number of carboxylic acids is 1. The van der Waals surface area contributed by atoms with E-state index in [2.05, 4.69) is 4.98 Å². The maximum absolute atomic E-state index is 10.7. The molecule has 4 nitrogen and oxygen atoms in total. The lowest BCUT2D eigenvalue weighted by molar-refractivity contribution is -0.137. The quantitative estimate of drug-likeness (QED) is 0.779. The van der Waals surface area contributed by atoms with E-state index in [0.717, 1.165) is 16.7 Å². The van der Waals surface area contributed by atoms with E-state index in [-0.39, 0.29) is 12.3 Å². The minimum Gasteiger partial charge on any atom is -0.481 e. The van der Waals surface area contributed by atoms with Gasteiger partial charge in [-0.1, -0.05) is 0 Å². The third-order valence-corrected chi connectivity index (χ3v) is 2.50. The lowest BCUT2D eigenvalue weighted by Gasteiger charge is -2.17. The van der Waals surface area contributed by atoms with Crippen LogP contribution in [0.15, 0.2) is 12.4 Å². The van der Waals surface area contributed by atoms with Crippen molar-refractivity contribution in [3.05, 3.63) is 29.1 Å². The first-order chi connectivity index (χ1) is 7.06. The first-order valence-electron chi connectivity index (χ1n) is 4.89. The fourth-order valence-electron chi connectivity index (χ4n) is 1.87. The van der Waals surface area contributed by atoms with Gasteiger partial charge in [0.25, 0.3) is 0 Å². The molecule has 0 spiro atoms. The van der Waals surface area contributed by atoms with Crippen molar-refractivity contribution in [3.63, 3.8) is 0 Å². The van der Waals surface area contributed by atoms with Crippen LogP contribution in [0, 0.1) is 13.8 Å². The number of hydrogen-bond donors (Lipinski definition) is 2. The summed E-state index contributed by atoms with van der Waals surface area (Å²) in [6.07, 6.45) is 3.56. The van der Waals surface area contributed by atoms with Crippen molar-refractivity contribution in [1.29, 1.82) is 0 Å². The fourth-order valence-corrected chi connectivity index (χ4v) is 1.87. The first-order valence-corrected chi connectivity index (χ1v) is 4.89. The third-order valence-electron chi connectivity index (χ3n) is 2.50. The standard InChI is InChI=1S/C11H16N2O2/c1-7-5-13-6-8(2)11(7)9(4-12)3-10(14)15/h5-6,9H,3-4,12H2,1-2H3,(H,14,15). The Morgan fingerprint density at radius 2 is 2.00 bits per heavy atom. The second-order valence-corrected chi connectivity index (χ2v) is 3.72. The molecule has 1 rings (SSSR count). The summed E-state index contributed by atoms with van der Waals surface area (Å²) in [7, 11) is 0. The lowest BCUT2D eigenvalue weighted by atomic mass is 9.90. The summed E-state index contributed by atoms with van der Waals surface area (Å²) in [5.74, 6) is -0.938. The number of pyridine rings is 1. The zero-order valence-electron chi connectivity index (χ0n) is 9.03. The smallest absolute Gasteiger partial charge is 0.304 e. The van der Waals surface area contributed by atoms with Gasteiger partial charge in [-0.2, -0.15) is 0 Å². The molecular weight excluding hydrogens is 192 g/mol. The fraction of sp³-hybridized carbons (Fsp3) is 0.455. The van der Waals surface area contributed by atoms with E-state index in [1.165, 1.54) is 0 Å². The Labute approximate surface area is 89.1 Å². The van der Waals surface area contributed by atoms with Crippen LogP contribution >= 0.6 is 0 Å². The molecule has 1 aromatic heterocycles. The summed E-state index contributed by atoms with van der Waals surface area (Å²) in [5, 5.41) is 8.79. The SMILES string of the molecule is Cc1cncc(C)c1C(CN)CC(=O)O. The number of carboxylic acid groups (broad SMARTS) is 1. The van der Waals surface area contributed by atoms with Crippen molar-refractivity contribution >= 4 is 5.97 Å². The van der Waals surface area contributed by atoms with Gasteiger partial charge in [0.15, 0.2) is 0 Å². The summed E-state index contributed by atoms with van der Waals surface area (Å²) >= 11 is 0. The van der Waals surface area contributed by atoms with Gasteiger partial charge in [-0.25, -0.2) is 0 Å². The Bertz CT molecular complexity index is 343. The van der Waals surface area contributed by atoms with Crippen LogP contribution in [-0.4, -0.2) is 22.6 Å². The molecule has 0 aliphatic heterocycles. The van der Waals surface area contributed by atoms with Crippen LogP contribution in [0.3, 0.4) is 0 Å². The molecule has 0 saturated heterocycles. The molecule has 82 valence electrons. The third kappa shape index (κ3) is 2.76. The second-order valence-electron chi connectivity index (χ2n) is 3.72. The second kappa shape index (κ2) is 4.89. The average molecular weight is 208 g/mol. The van der Waals surface area contributed by atoms with Gasteiger partial charge in [-0.05, 0) is 37.1 Å². The van der Waals surface area contributed by atoms with Crippen LogP contribution in [0.5, 0.6) is 0 Å². The molecule has 3 N–H and O–H groups in total. The molecule has 1 aromatic rings.